The molecule has 9 nitrogen and oxygen atoms in total. The van der Waals surface area contributed by atoms with Crippen molar-refractivity contribution in [3.8, 4) is 0 Å². The molecule has 3 aromatic rings. The Morgan fingerprint density at radius 3 is 2.85 bits per heavy atom. The van der Waals surface area contributed by atoms with Gasteiger partial charge < -0.3 is 14.5 Å². The fourth-order valence-corrected chi connectivity index (χ4v) is 2.93. The van der Waals surface area contributed by atoms with E-state index < -0.39 is 6.09 Å². The largest absolute Gasteiger partial charge is 0.465 e. The third-order valence-corrected chi connectivity index (χ3v) is 4.08. The maximum Gasteiger partial charge on any atom is 0.410 e. The summed E-state index contributed by atoms with van der Waals surface area (Å²) >= 11 is 6.12. The highest BCUT2D eigenvalue weighted by Crippen LogP contribution is 2.16. The van der Waals surface area contributed by atoms with Crippen LogP contribution in [0.25, 0.3) is 0 Å². The van der Waals surface area contributed by atoms with Crippen LogP contribution in [-0.4, -0.2) is 31.6 Å². The fourth-order valence-electron chi connectivity index (χ4n) is 2.04. The number of amides is 1. The predicted octanol–water partition coefficient (Wildman–Crippen LogP) is 3.26. The number of nitrogens with one attached hydrogen (secondary N) is 1. The molecule has 0 unspecified atom stereocenters. The van der Waals surface area contributed by atoms with E-state index in [0.29, 0.717) is 17.2 Å². The number of benzene rings is 1. The molecular formula is C15H13N5O4S2. The van der Waals surface area contributed by atoms with Gasteiger partial charge in [0.2, 0.25) is 0 Å². The minimum atomic E-state index is -1.17. The van der Waals surface area contributed by atoms with Gasteiger partial charge in [0.15, 0.2) is 23.3 Å². The molecule has 0 aliphatic heterocycles. The third-order valence-electron chi connectivity index (χ3n) is 3.10. The lowest BCUT2D eigenvalue weighted by Gasteiger charge is -2.05. The minimum absolute atomic E-state index is 0.0659. The molecule has 11 heteroatoms. The molecule has 0 spiro atoms. The number of aromatic nitrogens is 3. The van der Waals surface area contributed by atoms with Crippen LogP contribution in [0.15, 0.2) is 45.4 Å². The molecule has 134 valence electrons. The molecule has 1 aromatic carbocycles. The van der Waals surface area contributed by atoms with Gasteiger partial charge in [-0.2, -0.15) is 9.72 Å². The van der Waals surface area contributed by atoms with Crippen LogP contribution in [0, 0.1) is 4.84 Å². The number of oxime groups is 1. The summed E-state index contributed by atoms with van der Waals surface area (Å²) in [6.45, 7) is 0.0659. The summed E-state index contributed by atoms with van der Waals surface area (Å²) in [7, 11) is 1.67. The molecule has 3 rings (SSSR count). The highest BCUT2D eigenvalue weighted by Gasteiger charge is 2.15. The van der Waals surface area contributed by atoms with Crippen LogP contribution in [0.1, 0.15) is 17.1 Å². The molecule has 2 N–H and O–H groups in total. The summed E-state index contributed by atoms with van der Waals surface area (Å²) in [4.78, 5) is 24.4. The van der Waals surface area contributed by atoms with Crippen molar-refractivity contribution in [1.29, 1.82) is 0 Å². The average molecular weight is 391 g/mol. The quantitative estimate of drug-likeness (QED) is 0.376. The van der Waals surface area contributed by atoms with E-state index in [1.807, 2.05) is 30.3 Å². The lowest BCUT2D eigenvalue weighted by molar-refractivity contribution is 0.128. The van der Waals surface area contributed by atoms with Crippen molar-refractivity contribution in [2.45, 2.75) is 6.61 Å². The monoisotopic (exact) mass is 391 g/mol. The van der Waals surface area contributed by atoms with Gasteiger partial charge in [0, 0.05) is 18.0 Å². The normalized spacial score (nSPS) is 11.3. The zero-order valence-corrected chi connectivity index (χ0v) is 15.1. The molecule has 1 amide bonds. The van der Waals surface area contributed by atoms with Gasteiger partial charge in [-0.25, -0.2) is 9.78 Å². The van der Waals surface area contributed by atoms with Crippen molar-refractivity contribution in [3.63, 3.8) is 0 Å². The third kappa shape index (κ3) is 4.32. The number of thiazole rings is 1. The summed E-state index contributed by atoms with van der Waals surface area (Å²) < 4.78 is 6.64. The van der Waals surface area contributed by atoms with E-state index in [1.165, 1.54) is 4.74 Å². The topological polar surface area (TPSA) is 115 Å². The molecule has 0 saturated heterocycles. The predicted molar refractivity (Wildman–Crippen MR) is 96.9 cm³/mol. The van der Waals surface area contributed by atoms with E-state index in [-0.39, 0.29) is 16.6 Å². The summed E-state index contributed by atoms with van der Waals surface area (Å²) in [5, 5.41) is 17.0. The molecule has 0 aliphatic rings. The maximum atomic E-state index is 10.6. The summed E-state index contributed by atoms with van der Waals surface area (Å²) in [5.41, 5.74) is 1.77. The molecule has 2 heterocycles. The van der Waals surface area contributed by atoms with E-state index in [9.17, 15) is 4.79 Å². The van der Waals surface area contributed by atoms with Crippen LogP contribution in [-0.2, 0) is 18.5 Å². The van der Waals surface area contributed by atoms with Gasteiger partial charge in [0.25, 0.3) is 0 Å². The number of carboxylic acid groups (broad SMARTS) is 1. The van der Waals surface area contributed by atoms with Gasteiger partial charge in [0.05, 0.1) is 5.69 Å². The Bertz CT molecular complexity index is 993. The molecular weight excluding hydrogens is 378 g/mol. The minimum Gasteiger partial charge on any atom is -0.465 e. The van der Waals surface area contributed by atoms with Crippen molar-refractivity contribution in [3.05, 3.63) is 57.6 Å². The van der Waals surface area contributed by atoms with Crippen molar-refractivity contribution >= 4 is 40.5 Å². The molecule has 2 aromatic heterocycles. The number of hydrogen-bond acceptors (Lipinski definition) is 8. The first-order valence-electron chi connectivity index (χ1n) is 7.27. The average Bonchev–Trinajstić information content (AvgIpc) is 3.17. The summed E-state index contributed by atoms with van der Waals surface area (Å²) in [6, 6.07) is 9.33. The van der Waals surface area contributed by atoms with Crippen LogP contribution in [0.4, 0.5) is 9.93 Å². The van der Waals surface area contributed by atoms with Crippen molar-refractivity contribution in [1.82, 2.24) is 14.7 Å². The van der Waals surface area contributed by atoms with Crippen molar-refractivity contribution in [2.24, 2.45) is 12.2 Å². The Kier molecular flexibility index (Phi) is 5.39. The second kappa shape index (κ2) is 7.89. The number of nitrogens with zero attached hydrogens (tertiary/aromatic N) is 4. The second-order valence-electron chi connectivity index (χ2n) is 4.94. The fraction of sp³-hybridized carbons (Fsp3) is 0.133. The molecule has 0 aliphatic carbocycles. The highest BCUT2D eigenvalue weighted by atomic mass is 32.1. The van der Waals surface area contributed by atoms with E-state index in [0.717, 1.165) is 16.9 Å². The Morgan fingerprint density at radius 1 is 1.42 bits per heavy atom. The molecule has 0 atom stereocenters. The Balaban J connectivity index is 1.81. The smallest absolute Gasteiger partial charge is 0.410 e. The van der Waals surface area contributed by atoms with Crippen molar-refractivity contribution in [2.75, 3.05) is 5.32 Å². The SMILES string of the molecule is Cn1oc(=S)nc1/C(=N\OCc1csc(NC(=O)O)n1)c1ccccc1. The number of aryl methyl sites for hydroxylation is 1. The van der Waals surface area contributed by atoms with Gasteiger partial charge in [0.1, 0.15) is 0 Å². The molecule has 26 heavy (non-hydrogen) atoms. The van der Waals surface area contributed by atoms with Gasteiger partial charge >= 0.3 is 10.9 Å². The van der Waals surface area contributed by atoms with Gasteiger partial charge in [-0.15, -0.1) is 11.3 Å². The lowest BCUT2D eigenvalue weighted by atomic mass is 10.1. The van der Waals surface area contributed by atoms with E-state index in [2.05, 4.69) is 20.4 Å². The van der Waals surface area contributed by atoms with Crippen LogP contribution in [0.5, 0.6) is 0 Å². The van der Waals surface area contributed by atoms with Crippen LogP contribution in [0.2, 0.25) is 0 Å². The Labute approximate surface area is 156 Å². The second-order valence-corrected chi connectivity index (χ2v) is 6.15. The molecule has 0 radical (unpaired) electrons. The van der Waals surface area contributed by atoms with E-state index in [4.69, 9.17) is 26.7 Å². The Morgan fingerprint density at radius 2 is 2.19 bits per heavy atom. The number of carbonyl (C=O) groups is 1. The van der Waals surface area contributed by atoms with Crippen molar-refractivity contribution < 1.29 is 19.3 Å². The van der Waals surface area contributed by atoms with E-state index >= 15 is 0 Å². The first-order chi connectivity index (χ1) is 12.5. The number of anilines is 1. The van der Waals surface area contributed by atoms with E-state index in [1.54, 1.807) is 12.4 Å². The zero-order valence-electron chi connectivity index (χ0n) is 13.4. The molecule has 0 fully saturated rings. The standard InChI is InChI=1S/C15H13N5O4S2/c1-20-12(17-15(25)24-20)11(9-5-3-2-4-6-9)19-23-7-10-8-26-13(16-10)18-14(21)22/h2-6,8H,7H2,1H3,(H,16,18)(H,21,22)/b19-11-. The summed E-state index contributed by atoms with van der Waals surface area (Å²) in [5.74, 6) is 0.424. The first-order valence-corrected chi connectivity index (χ1v) is 8.56. The first kappa shape index (κ1) is 17.8. The van der Waals surface area contributed by atoms with Gasteiger partial charge in [-0.05, 0) is 12.2 Å². The Hall–Kier alpha value is -3.05. The number of hydrogen-bond donors (Lipinski definition) is 2. The lowest BCUT2D eigenvalue weighted by Crippen LogP contribution is -2.11. The molecule has 0 bridgehead atoms. The van der Waals surface area contributed by atoms with Crippen LogP contribution < -0.4 is 5.32 Å². The van der Waals surface area contributed by atoms with Gasteiger partial charge in [-0.3, -0.25) is 5.32 Å². The number of rotatable bonds is 6. The summed E-state index contributed by atoms with van der Waals surface area (Å²) in [6.07, 6.45) is -1.17. The maximum absolute atomic E-state index is 10.6. The van der Waals surface area contributed by atoms with Crippen LogP contribution >= 0.6 is 23.6 Å². The molecule has 0 saturated carbocycles. The zero-order chi connectivity index (χ0) is 18.5. The van der Waals surface area contributed by atoms with Crippen LogP contribution in [0.3, 0.4) is 0 Å². The van der Waals surface area contributed by atoms with Gasteiger partial charge in [-0.1, -0.05) is 35.5 Å². The highest BCUT2D eigenvalue weighted by molar-refractivity contribution is 7.71.